The first-order valence-corrected chi connectivity index (χ1v) is 6.79. The summed E-state index contributed by atoms with van der Waals surface area (Å²) in [6.45, 7) is 2.66. The van der Waals surface area contributed by atoms with Gasteiger partial charge in [0.05, 0.1) is 12.7 Å². The minimum absolute atomic E-state index is 0.474. The SMILES string of the molecule is COc1ccc(CN2CCCCC2CN)cc1C#N. The molecule has 1 fully saturated rings. The molecule has 1 aromatic rings. The van der Waals surface area contributed by atoms with Gasteiger partial charge in [0.1, 0.15) is 11.8 Å². The van der Waals surface area contributed by atoms with Crippen LogP contribution in [0, 0.1) is 11.3 Å². The Morgan fingerprint density at radius 1 is 1.47 bits per heavy atom. The van der Waals surface area contributed by atoms with Gasteiger partial charge in [0.2, 0.25) is 0 Å². The van der Waals surface area contributed by atoms with E-state index in [1.165, 1.54) is 19.3 Å². The Labute approximate surface area is 114 Å². The number of piperidine rings is 1. The van der Waals surface area contributed by atoms with E-state index in [2.05, 4.69) is 11.0 Å². The number of nitriles is 1. The fourth-order valence-corrected chi connectivity index (χ4v) is 2.71. The van der Waals surface area contributed by atoms with Crippen molar-refractivity contribution in [3.05, 3.63) is 29.3 Å². The Kier molecular flexibility index (Phi) is 4.78. The molecule has 0 aromatic heterocycles. The van der Waals surface area contributed by atoms with E-state index < -0.39 is 0 Å². The van der Waals surface area contributed by atoms with Crippen LogP contribution in [0.4, 0.5) is 0 Å². The molecule has 4 nitrogen and oxygen atoms in total. The monoisotopic (exact) mass is 259 g/mol. The second-order valence-corrected chi connectivity index (χ2v) is 5.00. The molecule has 2 rings (SSSR count). The number of methoxy groups -OCH3 is 1. The quantitative estimate of drug-likeness (QED) is 0.896. The van der Waals surface area contributed by atoms with Crippen LogP contribution in [-0.4, -0.2) is 31.1 Å². The summed E-state index contributed by atoms with van der Waals surface area (Å²) in [5.74, 6) is 0.639. The second-order valence-electron chi connectivity index (χ2n) is 5.00. The largest absolute Gasteiger partial charge is 0.495 e. The van der Waals surface area contributed by atoms with Gasteiger partial charge in [0.25, 0.3) is 0 Å². The van der Waals surface area contributed by atoms with Gasteiger partial charge in [-0.25, -0.2) is 0 Å². The average Bonchev–Trinajstić information content (AvgIpc) is 2.47. The fraction of sp³-hybridized carbons (Fsp3) is 0.533. The molecule has 0 aliphatic carbocycles. The van der Waals surface area contributed by atoms with Crippen molar-refractivity contribution in [3.63, 3.8) is 0 Å². The first kappa shape index (κ1) is 13.9. The number of nitrogens with zero attached hydrogens (tertiary/aromatic N) is 2. The maximum Gasteiger partial charge on any atom is 0.136 e. The van der Waals surface area contributed by atoms with E-state index in [1.807, 2.05) is 18.2 Å². The molecule has 1 heterocycles. The number of nitrogens with two attached hydrogens (primary N) is 1. The van der Waals surface area contributed by atoms with Gasteiger partial charge in [-0.2, -0.15) is 5.26 Å². The van der Waals surface area contributed by atoms with E-state index in [9.17, 15) is 0 Å². The summed E-state index contributed by atoms with van der Waals surface area (Å²) >= 11 is 0. The lowest BCUT2D eigenvalue weighted by molar-refractivity contribution is 0.145. The highest BCUT2D eigenvalue weighted by atomic mass is 16.5. The molecule has 0 amide bonds. The van der Waals surface area contributed by atoms with E-state index >= 15 is 0 Å². The van der Waals surface area contributed by atoms with Gasteiger partial charge < -0.3 is 10.5 Å². The number of benzene rings is 1. The van der Waals surface area contributed by atoms with Crippen LogP contribution in [0.1, 0.15) is 30.4 Å². The van der Waals surface area contributed by atoms with Crippen molar-refractivity contribution in [2.24, 2.45) is 5.73 Å². The van der Waals surface area contributed by atoms with Crippen LogP contribution in [0.5, 0.6) is 5.75 Å². The summed E-state index contributed by atoms with van der Waals surface area (Å²) in [6.07, 6.45) is 3.68. The summed E-state index contributed by atoms with van der Waals surface area (Å²) in [5.41, 5.74) is 7.58. The second kappa shape index (κ2) is 6.55. The van der Waals surface area contributed by atoms with E-state index in [0.29, 0.717) is 23.9 Å². The van der Waals surface area contributed by atoms with E-state index in [1.54, 1.807) is 7.11 Å². The minimum atomic E-state index is 0.474. The lowest BCUT2D eigenvalue weighted by atomic mass is 10.0. The lowest BCUT2D eigenvalue weighted by Crippen LogP contribution is -2.43. The summed E-state index contributed by atoms with van der Waals surface area (Å²) in [5, 5.41) is 9.11. The summed E-state index contributed by atoms with van der Waals surface area (Å²) in [7, 11) is 1.59. The first-order chi connectivity index (χ1) is 9.28. The Morgan fingerprint density at radius 3 is 3.00 bits per heavy atom. The normalized spacial score (nSPS) is 19.9. The molecule has 1 saturated heterocycles. The molecule has 2 N–H and O–H groups in total. The zero-order valence-electron chi connectivity index (χ0n) is 11.4. The highest BCUT2D eigenvalue weighted by Crippen LogP contribution is 2.23. The van der Waals surface area contributed by atoms with E-state index in [0.717, 1.165) is 18.7 Å². The van der Waals surface area contributed by atoms with Crippen LogP contribution in [0.25, 0.3) is 0 Å². The molecule has 0 spiro atoms. The molecular weight excluding hydrogens is 238 g/mol. The third kappa shape index (κ3) is 3.25. The van der Waals surface area contributed by atoms with Crippen molar-refractivity contribution < 1.29 is 4.74 Å². The Bertz CT molecular complexity index is 467. The number of hydrogen-bond donors (Lipinski definition) is 1. The van der Waals surface area contributed by atoms with Crippen molar-refractivity contribution in [2.45, 2.75) is 31.8 Å². The Morgan fingerprint density at radius 2 is 2.32 bits per heavy atom. The van der Waals surface area contributed by atoms with Gasteiger partial charge in [0, 0.05) is 19.1 Å². The van der Waals surface area contributed by atoms with Crippen LogP contribution in [0.15, 0.2) is 18.2 Å². The third-order valence-electron chi connectivity index (χ3n) is 3.79. The molecule has 0 radical (unpaired) electrons. The van der Waals surface area contributed by atoms with Crippen molar-refractivity contribution in [1.82, 2.24) is 4.90 Å². The summed E-state index contributed by atoms with van der Waals surface area (Å²) in [4.78, 5) is 2.42. The van der Waals surface area contributed by atoms with Crippen molar-refractivity contribution in [1.29, 1.82) is 5.26 Å². The average molecular weight is 259 g/mol. The van der Waals surface area contributed by atoms with Gasteiger partial charge in [-0.15, -0.1) is 0 Å². The topological polar surface area (TPSA) is 62.3 Å². The molecule has 102 valence electrons. The maximum atomic E-state index is 9.11. The predicted molar refractivity (Wildman–Crippen MR) is 74.8 cm³/mol. The molecular formula is C15H21N3O. The third-order valence-corrected chi connectivity index (χ3v) is 3.79. The molecule has 1 unspecified atom stereocenters. The highest BCUT2D eigenvalue weighted by Gasteiger charge is 2.21. The smallest absolute Gasteiger partial charge is 0.136 e. The number of hydrogen-bond acceptors (Lipinski definition) is 4. The number of ether oxygens (including phenoxy) is 1. The molecule has 1 atom stereocenters. The van der Waals surface area contributed by atoms with Crippen LogP contribution >= 0.6 is 0 Å². The van der Waals surface area contributed by atoms with Gasteiger partial charge in [-0.3, -0.25) is 4.90 Å². The minimum Gasteiger partial charge on any atom is -0.495 e. The molecule has 1 aromatic carbocycles. The van der Waals surface area contributed by atoms with Gasteiger partial charge in [-0.1, -0.05) is 12.5 Å². The highest BCUT2D eigenvalue weighted by molar-refractivity contribution is 5.45. The summed E-state index contributed by atoms with van der Waals surface area (Å²) < 4.78 is 5.17. The van der Waals surface area contributed by atoms with Gasteiger partial charge in [0.15, 0.2) is 0 Å². The van der Waals surface area contributed by atoms with Gasteiger partial charge in [-0.05, 0) is 37.1 Å². The van der Waals surface area contributed by atoms with Crippen molar-refractivity contribution in [2.75, 3.05) is 20.2 Å². The zero-order valence-corrected chi connectivity index (χ0v) is 11.4. The molecule has 0 saturated carbocycles. The molecule has 0 bridgehead atoms. The zero-order chi connectivity index (χ0) is 13.7. The standard InChI is InChI=1S/C15H21N3O/c1-19-15-6-5-12(8-13(15)9-16)11-18-7-3-2-4-14(18)10-17/h5-6,8,14H,2-4,7,10-11,17H2,1H3. The lowest BCUT2D eigenvalue weighted by Gasteiger charge is -2.35. The van der Waals surface area contributed by atoms with E-state index in [4.69, 9.17) is 15.7 Å². The number of rotatable bonds is 4. The predicted octanol–water partition coefficient (Wildman–Crippen LogP) is 1.88. The summed E-state index contributed by atoms with van der Waals surface area (Å²) in [6, 6.07) is 8.47. The van der Waals surface area contributed by atoms with Crippen LogP contribution in [0.2, 0.25) is 0 Å². The fourth-order valence-electron chi connectivity index (χ4n) is 2.71. The maximum absolute atomic E-state index is 9.11. The molecule has 4 heteroatoms. The Hall–Kier alpha value is -1.57. The Balaban J connectivity index is 2.12. The molecule has 1 aliphatic heterocycles. The van der Waals surface area contributed by atoms with Gasteiger partial charge >= 0.3 is 0 Å². The van der Waals surface area contributed by atoms with Crippen LogP contribution in [-0.2, 0) is 6.54 Å². The molecule has 1 aliphatic rings. The van der Waals surface area contributed by atoms with Crippen LogP contribution in [0.3, 0.4) is 0 Å². The van der Waals surface area contributed by atoms with Crippen molar-refractivity contribution in [3.8, 4) is 11.8 Å². The van der Waals surface area contributed by atoms with Crippen LogP contribution < -0.4 is 10.5 Å². The van der Waals surface area contributed by atoms with E-state index in [-0.39, 0.29) is 0 Å². The first-order valence-electron chi connectivity index (χ1n) is 6.79. The van der Waals surface area contributed by atoms with Crippen molar-refractivity contribution >= 4 is 0 Å². The number of likely N-dealkylation sites (tertiary alicyclic amines) is 1. The molecule has 19 heavy (non-hydrogen) atoms.